The third kappa shape index (κ3) is 5.56. The summed E-state index contributed by atoms with van der Waals surface area (Å²) in [5, 5.41) is 0. The van der Waals surface area contributed by atoms with E-state index in [-0.39, 0.29) is 5.41 Å². The molecule has 2 aromatic carbocycles. The lowest BCUT2D eigenvalue weighted by Gasteiger charge is -2.43. The lowest BCUT2D eigenvalue weighted by molar-refractivity contribution is 0.174. The van der Waals surface area contributed by atoms with Gasteiger partial charge in [0.2, 0.25) is 0 Å². The van der Waals surface area contributed by atoms with Gasteiger partial charge in [-0.05, 0) is 59.4 Å². The molecule has 0 saturated carbocycles. The van der Waals surface area contributed by atoms with Gasteiger partial charge in [0.25, 0.3) is 0 Å². The summed E-state index contributed by atoms with van der Waals surface area (Å²) in [5.41, 5.74) is 6.84. The molecule has 2 nitrogen and oxygen atoms in total. The van der Waals surface area contributed by atoms with E-state index in [1.807, 2.05) is 6.92 Å². The van der Waals surface area contributed by atoms with Crippen LogP contribution in [-0.4, -0.2) is 24.6 Å². The molecule has 0 N–H and O–H groups in total. The summed E-state index contributed by atoms with van der Waals surface area (Å²) < 4.78 is 5.48. The summed E-state index contributed by atoms with van der Waals surface area (Å²) in [6.07, 6.45) is 2.96. The Morgan fingerprint density at radius 2 is 1.80 bits per heavy atom. The SMILES string of the molecule is C=C(CCc1cccc(C(=C)N2CC(Cc3ccccc3C(C)(C)C)C2)c1)OCC. The first-order valence-corrected chi connectivity index (χ1v) is 11.2. The van der Waals surface area contributed by atoms with Gasteiger partial charge in [-0.15, -0.1) is 0 Å². The number of ether oxygens (including phenoxy) is 1. The number of rotatable bonds is 9. The molecule has 2 aromatic rings. The number of allylic oxidation sites excluding steroid dienone is 1. The van der Waals surface area contributed by atoms with Crippen LogP contribution in [-0.2, 0) is 23.0 Å². The molecule has 0 bridgehead atoms. The van der Waals surface area contributed by atoms with Crippen LogP contribution in [0.4, 0.5) is 0 Å². The van der Waals surface area contributed by atoms with E-state index in [4.69, 9.17) is 4.74 Å². The third-order valence-electron chi connectivity index (χ3n) is 5.97. The second kappa shape index (κ2) is 9.55. The van der Waals surface area contributed by atoms with Crippen molar-refractivity contribution in [2.45, 2.75) is 52.4 Å². The maximum atomic E-state index is 5.48. The van der Waals surface area contributed by atoms with E-state index in [1.54, 1.807) is 0 Å². The molecule has 0 spiro atoms. The molecule has 3 rings (SSSR count). The summed E-state index contributed by atoms with van der Waals surface area (Å²) in [7, 11) is 0. The van der Waals surface area contributed by atoms with E-state index in [0.29, 0.717) is 12.5 Å². The quantitative estimate of drug-likeness (QED) is 0.437. The highest BCUT2D eigenvalue weighted by molar-refractivity contribution is 5.63. The van der Waals surface area contributed by atoms with Crippen molar-refractivity contribution in [1.82, 2.24) is 4.90 Å². The maximum absolute atomic E-state index is 5.48. The highest BCUT2D eigenvalue weighted by atomic mass is 16.5. The molecule has 0 unspecified atom stereocenters. The van der Waals surface area contributed by atoms with Gasteiger partial charge >= 0.3 is 0 Å². The average molecular weight is 404 g/mol. The maximum Gasteiger partial charge on any atom is 0.0891 e. The van der Waals surface area contributed by atoms with Crippen molar-refractivity contribution in [2.75, 3.05) is 19.7 Å². The zero-order valence-corrected chi connectivity index (χ0v) is 19.2. The van der Waals surface area contributed by atoms with Gasteiger partial charge < -0.3 is 9.64 Å². The minimum absolute atomic E-state index is 0.192. The predicted octanol–water partition coefficient (Wildman–Crippen LogP) is 6.61. The first-order chi connectivity index (χ1) is 14.3. The smallest absolute Gasteiger partial charge is 0.0891 e. The van der Waals surface area contributed by atoms with Crippen LogP contribution in [0.2, 0.25) is 0 Å². The average Bonchev–Trinajstić information content (AvgIpc) is 2.68. The van der Waals surface area contributed by atoms with Crippen LogP contribution in [0, 0.1) is 5.92 Å². The van der Waals surface area contributed by atoms with E-state index in [1.165, 1.54) is 22.3 Å². The van der Waals surface area contributed by atoms with Gasteiger partial charge in [-0.3, -0.25) is 0 Å². The van der Waals surface area contributed by atoms with Gasteiger partial charge in [-0.2, -0.15) is 0 Å². The number of hydrogen-bond donors (Lipinski definition) is 0. The van der Waals surface area contributed by atoms with Gasteiger partial charge in [-0.1, -0.05) is 76.4 Å². The molecule has 0 aliphatic carbocycles. The molecule has 0 radical (unpaired) electrons. The van der Waals surface area contributed by atoms with Crippen molar-refractivity contribution in [2.24, 2.45) is 5.92 Å². The molecule has 1 aliphatic heterocycles. The minimum Gasteiger partial charge on any atom is -0.499 e. The molecule has 0 atom stereocenters. The lowest BCUT2D eigenvalue weighted by atomic mass is 9.80. The van der Waals surface area contributed by atoms with Crippen LogP contribution in [0.1, 0.15) is 56.4 Å². The first-order valence-electron chi connectivity index (χ1n) is 11.2. The van der Waals surface area contributed by atoms with Crippen molar-refractivity contribution in [3.05, 3.63) is 89.7 Å². The Labute approximate surface area is 183 Å². The molecule has 0 aromatic heterocycles. The van der Waals surface area contributed by atoms with E-state index in [9.17, 15) is 0 Å². The zero-order chi connectivity index (χ0) is 21.7. The molecule has 160 valence electrons. The van der Waals surface area contributed by atoms with Crippen molar-refractivity contribution in [3.63, 3.8) is 0 Å². The highest BCUT2D eigenvalue weighted by Gasteiger charge is 2.29. The largest absolute Gasteiger partial charge is 0.499 e. The standard InChI is InChI=1S/C28H37NO/c1-7-30-21(2)15-16-23-11-10-13-25(17-23)22(3)29-19-24(20-29)18-26-12-8-9-14-27(26)28(4,5)6/h8-14,17,24H,2-3,7,15-16,18-20H2,1,4-6H3. The number of hydrogen-bond acceptors (Lipinski definition) is 2. The Kier molecular flexibility index (Phi) is 7.07. The molecular weight excluding hydrogens is 366 g/mol. The molecule has 1 aliphatic rings. The zero-order valence-electron chi connectivity index (χ0n) is 19.2. The molecule has 1 fully saturated rings. The van der Waals surface area contributed by atoms with Crippen LogP contribution in [0.15, 0.2) is 67.4 Å². The molecule has 30 heavy (non-hydrogen) atoms. The number of aryl methyl sites for hydroxylation is 1. The van der Waals surface area contributed by atoms with Crippen LogP contribution in [0.3, 0.4) is 0 Å². The van der Waals surface area contributed by atoms with Crippen LogP contribution >= 0.6 is 0 Å². The van der Waals surface area contributed by atoms with Crippen molar-refractivity contribution < 1.29 is 4.74 Å². The van der Waals surface area contributed by atoms with Gasteiger partial charge in [0.15, 0.2) is 0 Å². The van der Waals surface area contributed by atoms with Gasteiger partial charge in [0.05, 0.1) is 12.4 Å². The summed E-state index contributed by atoms with van der Waals surface area (Å²) in [4.78, 5) is 2.42. The topological polar surface area (TPSA) is 12.5 Å². The van der Waals surface area contributed by atoms with E-state index >= 15 is 0 Å². The monoisotopic (exact) mass is 403 g/mol. The fraction of sp³-hybridized carbons (Fsp3) is 0.429. The summed E-state index contributed by atoms with van der Waals surface area (Å²) in [6.45, 7) is 20.1. The number of nitrogens with zero attached hydrogens (tertiary/aromatic N) is 1. The van der Waals surface area contributed by atoms with Crippen LogP contribution < -0.4 is 0 Å². The third-order valence-corrected chi connectivity index (χ3v) is 5.97. The summed E-state index contributed by atoms with van der Waals surface area (Å²) in [5.74, 6) is 1.56. The first kappa shape index (κ1) is 22.2. The Balaban J connectivity index is 1.56. The Hall–Kier alpha value is -2.48. The summed E-state index contributed by atoms with van der Waals surface area (Å²) >= 11 is 0. The second-order valence-corrected chi connectivity index (χ2v) is 9.50. The fourth-order valence-electron chi connectivity index (χ4n) is 4.31. The minimum atomic E-state index is 0.192. The molecule has 0 amide bonds. The normalized spacial score (nSPS) is 14.3. The molecule has 1 heterocycles. The van der Waals surface area contributed by atoms with Crippen LogP contribution in [0.25, 0.3) is 5.70 Å². The van der Waals surface area contributed by atoms with Gasteiger partial charge in [0, 0.05) is 25.2 Å². The van der Waals surface area contributed by atoms with E-state index in [2.05, 4.69) is 87.4 Å². The number of likely N-dealkylation sites (tertiary alicyclic amines) is 1. The van der Waals surface area contributed by atoms with Gasteiger partial charge in [-0.25, -0.2) is 0 Å². The fourth-order valence-corrected chi connectivity index (χ4v) is 4.31. The Bertz CT molecular complexity index is 884. The van der Waals surface area contributed by atoms with E-state index < -0.39 is 0 Å². The van der Waals surface area contributed by atoms with Gasteiger partial charge in [0.1, 0.15) is 0 Å². The Morgan fingerprint density at radius 3 is 2.50 bits per heavy atom. The Morgan fingerprint density at radius 1 is 1.07 bits per heavy atom. The lowest BCUT2D eigenvalue weighted by Crippen LogP contribution is -2.46. The van der Waals surface area contributed by atoms with Crippen molar-refractivity contribution in [1.29, 1.82) is 0 Å². The second-order valence-electron chi connectivity index (χ2n) is 9.50. The highest BCUT2D eigenvalue weighted by Crippen LogP contribution is 2.32. The van der Waals surface area contributed by atoms with E-state index in [0.717, 1.165) is 43.8 Å². The number of benzene rings is 2. The molecule has 2 heteroatoms. The van der Waals surface area contributed by atoms with Crippen molar-refractivity contribution in [3.8, 4) is 0 Å². The van der Waals surface area contributed by atoms with Crippen molar-refractivity contribution >= 4 is 5.70 Å². The molecule has 1 saturated heterocycles. The predicted molar refractivity (Wildman–Crippen MR) is 128 cm³/mol. The summed E-state index contributed by atoms with van der Waals surface area (Å²) in [6, 6.07) is 17.7. The van der Waals surface area contributed by atoms with Crippen LogP contribution in [0.5, 0.6) is 0 Å². The molecular formula is C28H37NO.